The highest BCUT2D eigenvalue weighted by Gasteiger charge is 2.38. The minimum atomic E-state index is -0.568. The smallest absolute Gasteiger partial charge is 0.255 e. The Hall–Kier alpha value is -2.38. The fourth-order valence-corrected chi connectivity index (χ4v) is 4.61. The molecule has 1 aromatic heterocycles. The number of hydrogen-bond donors (Lipinski definition) is 1. The van der Waals surface area contributed by atoms with Crippen LogP contribution in [0.4, 0.5) is 0 Å². The maximum Gasteiger partial charge on any atom is 0.255 e. The van der Waals surface area contributed by atoms with Crippen molar-refractivity contribution in [3.63, 3.8) is 0 Å². The molecule has 0 saturated carbocycles. The molecule has 160 valence electrons. The number of aliphatic hydroxyl groups is 1. The fraction of sp³-hybridized carbons (Fsp3) is 0.500. The van der Waals surface area contributed by atoms with Crippen molar-refractivity contribution in [3.05, 3.63) is 52.4 Å². The molecular weight excluding hydrogens is 406 g/mol. The second-order valence-electron chi connectivity index (χ2n) is 8.26. The number of nitrogens with zero attached hydrogens (tertiary/aromatic N) is 3. The van der Waals surface area contributed by atoms with Crippen molar-refractivity contribution in [1.29, 1.82) is 0 Å². The summed E-state index contributed by atoms with van der Waals surface area (Å²) in [7, 11) is 0. The molecule has 2 aliphatic heterocycles. The zero-order valence-electron chi connectivity index (χ0n) is 17.0. The lowest BCUT2D eigenvalue weighted by atomic mass is 9.94. The van der Waals surface area contributed by atoms with Gasteiger partial charge < -0.3 is 19.4 Å². The first kappa shape index (κ1) is 20.9. The number of piperidine rings is 1. The molecule has 8 heteroatoms. The van der Waals surface area contributed by atoms with Crippen molar-refractivity contribution in [2.24, 2.45) is 11.8 Å². The normalized spacial score (nSPS) is 22.5. The number of likely N-dealkylation sites (tertiary alicyclic amines) is 2. The number of rotatable bonds is 4. The Kier molecular flexibility index (Phi) is 6.11. The van der Waals surface area contributed by atoms with Crippen LogP contribution in [0.25, 0.3) is 0 Å². The number of halogens is 1. The van der Waals surface area contributed by atoms with Crippen LogP contribution in [0.5, 0.6) is 0 Å². The largest absolute Gasteiger partial charge is 0.391 e. The van der Waals surface area contributed by atoms with Gasteiger partial charge in [-0.2, -0.15) is 0 Å². The van der Waals surface area contributed by atoms with E-state index in [2.05, 4.69) is 5.16 Å². The van der Waals surface area contributed by atoms with Crippen LogP contribution in [-0.2, 0) is 11.2 Å². The molecule has 7 nitrogen and oxygen atoms in total. The summed E-state index contributed by atoms with van der Waals surface area (Å²) in [5.74, 6) is 0.528. The highest BCUT2D eigenvalue weighted by atomic mass is 35.5. The number of aliphatic hydroxyl groups excluding tert-OH is 1. The summed E-state index contributed by atoms with van der Waals surface area (Å²) in [6.45, 7) is 3.76. The number of carbonyl (C=O) groups is 2. The third kappa shape index (κ3) is 4.37. The van der Waals surface area contributed by atoms with Crippen LogP contribution in [0.2, 0.25) is 5.02 Å². The Morgan fingerprint density at radius 3 is 2.60 bits per heavy atom. The van der Waals surface area contributed by atoms with E-state index in [1.54, 1.807) is 34.1 Å². The topological polar surface area (TPSA) is 86.9 Å². The second-order valence-corrected chi connectivity index (χ2v) is 8.66. The van der Waals surface area contributed by atoms with E-state index in [0.717, 1.165) is 11.5 Å². The van der Waals surface area contributed by atoms with Crippen LogP contribution in [-0.4, -0.2) is 64.2 Å². The maximum atomic E-state index is 13.0. The van der Waals surface area contributed by atoms with Crippen molar-refractivity contribution >= 4 is 23.4 Å². The lowest BCUT2D eigenvalue weighted by Gasteiger charge is -2.33. The standard InChI is InChI=1S/C22H26ClN3O4/c1-14-10-17(30-24-14)11-16-12-26(13-20(16)27)21(28)15-6-8-25(9-7-15)22(29)18-4-2-3-5-19(18)23/h2-5,10,15-16,20,27H,6-9,11-13H2,1H3/t16-,20-/m1/s1. The Bertz CT molecular complexity index is 923. The van der Waals surface area contributed by atoms with E-state index in [4.69, 9.17) is 16.1 Å². The molecule has 3 heterocycles. The van der Waals surface area contributed by atoms with E-state index in [-0.39, 0.29) is 23.7 Å². The maximum absolute atomic E-state index is 13.0. The Morgan fingerprint density at radius 2 is 1.93 bits per heavy atom. The zero-order valence-corrected chi connectivity index (χ0v) is 17.7. The molecule has 1 N–H and O–H groups in total. The molecule has 4 rings (SSSR count). The first-order valence-corrected chi connectivity index (χ1v) is 10.7. The van der Waals surface area contributed by atoms with Crippen LogP contribution in [0, 0.1) is 18.8 Å². The molecule has 0 bridgehead atoms. The lowest BCUT2D eigenvalue weighted by molar-refractivity contribution is -0.136. The number of carbonyl (C=O) groups excluding carboxylic acids is 2. The average molecular weight is 432 g/mol. The van der Waals surface area contributed by atoms with Crippen molar-refractivity contribution < 1.29 is 19.2 Å². The Morgan fingerprint density at radius 1 is 1.20 bits per heavy atom. The monoisotopic (exact) mass is 431 g/mol. The molecule has 0 spiro atoms. The summed E-state index contributed by atoms with van der Waals surface area (Å²) in [4.78, 5) is 29.2. The molecule has 2 atom stereocenters. The van der Waals surface area contributed by atoms with Gasteiger partial charge in [0.1, 0.15) is 5.76 Å². The van der Waals surface area contributed by atoms with Gasteiger partial charge >= 0.3 is 0 Å². The summed E-state index contributed by atoms with van der Waals surface area (Å²) in [6, 6.07) is 8.89. The summed E-state index contributed by atoms with van der Waals surface area (Å²) in [6.07, 6.45) is 1.24. The van der Waals surface area contributed by atoms with Crippen LogP contribution in [0.1, 0.15) is 34.7 Å². The third-order valence-corrected chi connectivity index (χ3v) is 6.42. The zero-order chi connectivity index (χ0) is 21.3. The first-order valence-electron chi connectivity index (χ1n) is 10.3. The van der Waals surface area contributed by atoms with E-state index in [1.807, 2.05) is 13.0 Å². The molecule has 2 aliphatic rings. The molecule has 30 heavy (non-hydrogen) atoms. The lowest BCUT2D eigenvalue weighted by Crippen LogP contribution is -2.44. The van der Waals surface area contributed by atoms with Gasteiger partial charge in [-0.05, 0) is 31.9 Å². The average Bonchev–Trinajstić information content (AvgIpc) is 3.33. The van der Waals surface area contributed by atoms with Gasteiger partial charge in [-0.25, -0.2) is 0 Å². The van der Waals surface area contributed by atoms with Gasteiger partial charge in [0.2, 0.25) is 5.91 Å². The number of hydrogen-bond acceptors (Lipinski definition) is 5. The van der Waals surface area contributed by atoms with Gasteiger partial charge in [0.25, 0.3) is 5.91 Å². The van der Waals surface area contributed by atoms with Gasteiger partial charge in [0, 0.05) is 50.5 Å². The quantitative estimate of drug-likeness (QED) is 0.803. The molecule has 2 aromatic rings. The van der Waals surface area contributed by atoms with Gasteiger partial charge in [0.05, 0.1) is 22.4 Å². The second kappa shape index (κ2) is 8.78. The van der Waals surface area contributed by atoms with E-state index in [0.29, 0.717) is 56.0 Å². The molecule has 0 aliphatic carbocycles. The van der Waals surface area contributed by atoms with Crippen LogP contribution in [0.15, 0.2) is 34.9 Å². The van der Waals surface area contributed by atoms with Crippen molar-refractivity contribution in [2.75, 3.05) is 26.2 Å². The number of aromatic nitrogens is 1. The van der Waals surface area contributed by atoms with Crippen molar-refractivity contribution in [3.8, 4) is 0 Å². The van der Waals surface area contributed by atoms with E-state index >= 15 is 0 Å². The van der Waals surface area contributed by atoms with E-state index < -0.39 is 6.10 Å². The number of benzene rings is 1. The minimum Gasteiger partial charge on any atom is -0.391 e. The Labute approximate surface area is 180 Å². The molecule has 1 aromatic carbocycles. The van der Waals surface area contributed by atoms with Gasteiger partial charge in [-0.3, -0.25) is 9.59 Å². The van der Waals surface area contributed by atoms with Crippen LogP contribution < -0.4 is 0 Å². The van der Waals surface area contributed by atoms with Crippen LogP contribution >= 0.6 is 11.6 Å². The summed E-state index contributed by atoms with van der Waals surface area (Å²) in [5.41, 5.74) is 1.31. The number of aryl methyl sites for hydroxylation is 1. The van der Waals surface area contributed by atoms with E-state index in [1.165, 1.54) is 0 Å². The molecule has 0 radical (unpaired) electrons. The summed E-state index contributed by atoms with van der Waals surface area (Å²) in [5, 5.41) is 14.7. The van der Waals surface area contributed by atoms with Gasteiger partial charge in [0.15, 0.2) is 0 Å². The van der Waals surface area contributed by atoms with Gasteiger partial charge in [-0.15, -0.1) is 0 Å². The first-order chi connectivity index (χ1) is 14.4. The molecule has 0 unspecified atom stereocenters. The number of amides is 2. The fourth-order valence-electron chi connectivity index (χ4n) is 4.40. The van der Waals surface area contributed by atoms with E-state index in [9.17, 15) is 14.7 Å². The third-order valence-electron chi connectivity index (χ3n) is 6.09. The highest BCUT2D eigenvalue weighted by Crippen LogP contribution is 2.28. The molecule has 2 fully saturated rings. The summed E-state index contributed by atoms with van der Waals surface area (Å²) >= 11 is 6.15. The molecule has 2 saturated heterocycles. The van der Waals surface area contributed by atoms with Crippen molar-refractivity contribution in [1.82, 2.24) is 15.0 Å². The molecular formula is C22H26ClN3O4. The highest BCUT2D eigenvalue weighted by molar-refractivity contribution is 6.33. The summed E-state index contributed by atoms with van der Waals surface area (Å²) < 4.78 is 5.25. The SMILES string of the molecule is Cc1cc(C[C@@H]2CN(C(=O)C3CCN(C(=O)c4ccccc4Cl)CC3)C[C@H]2O)on1. The van der Waals surface area contributed by atoms with Crippen LogP contribution in [0.3, 0.4) is 0 Å². The van der Waals surface area contributed by atoms with Crippen molar-refractivity contribution in [2.45, 2.75) is 32.3 Å². The Balaban J connectivity index is 1.31. The number of β-amino-alcohol motifs (C(OH)–C–C–N with tert-alkyl or cyclic N) is 1. The minimum absolute atomic E-state index is 0.0526. The molecule has 2 amide bonds. The predicted octanol–water partition coefficient (Wildman–Crippen LogP) is 2.55. The van der Waals surface area contributed by atoms with Gasteiger partial charge in [-0.1, -0.05) is 28.9 Å². The predicted molar refractivity (Wildman–Crippen MR) is 111 cm³/mol.